The van der Waals surface area contributed by atoms with Crippen LogP contribution in [0.5, 0.6) is 0 Å². The van der Waals surface area contributed by atoms with Gasteiger partial charge >= 0.3 is 0 Å². The van der Waals surface area contributed by atoms with Crippen molar-refractivity contribution in [2.45, 2.75) is 58.7 Å². The van der Waals surface area contributed by atoms with Gasteiger partial charge in [-0.3, -0.25) is 4.68 Å². The third kappa shape index (κ3) is 4.13. The van der Waals surface area contributed by atoms with Crippen molar-refractivity contribution in [1.29, 1.82) is 0 Å². The average Bonchev–Trinajstić information content (AvgIpc) is 2.70. The zero-order valence-corrected chi connectivity index (χ0v) is 11.4. The number of nitrogens with two attached hydrogens (primary N) is 1. The summed E-state index contributed by atoms with van der Waals surface area (Å²) < 4.78 is 7.29. The van der Waals surface area contributed by atoms with E-state index in [1.165, 1.54) is 5.69 Å². The number of hydrogen-bond donors (Lipinski definition) is 1. The number of methoxy groups -OCH3 is 1. The van der Waals surface area contributed by atoms with Gasteiger partial charge in [0.1, 0.15) is 0 Å². The molecule has 0 radical (unpaired) electrons. The molecular weight excluding hydrogens is 214 g/mol. The zero-order valence-electron chi connectivity index (χ0n) is 11.4. The average molecular weight is 239 g/mol. The van der Waals surface area contributed by atoms with E-state index in [0.717, 1.165) is 31.5 Å². The lowest BCUT2D eigenvalue weighted by Gasteiger charge is -2.16. The molecule has 2 N–H and O–H groups in total. The van der Waals surface area contributed by atoms with Crippen LogP contribution in [0.15, 0.2) is 6.07 Å². The van der Waals surface area contributed by atoms with Crippen molar-refractivity contribution in [3.63, 3.8) is 0 Å². The van der Waals surface area contributed by atoms with Crippen molar-refractivity contribution in [2.75, 3.05) is 7.11 Å². The van der Waals surface area contributed by atoms with E-state index in [1.807, 2.05) is 0 Å². The Bertz CT molecular complexity index is 335. The van der Waals surface area contributed by atoms with E-state index >= 15 is 0 Å². The third-order valence-electron chi connectivity index (χ3n) is 3.08. The minimum Gasteiger partial charge on any atom is -0.382 e. The van der Waals surface area contributed by atoms with Crippen LogP contribution in [0.4, 0.5) is 0 Å². The van der Waals surface area contributed by atoms with E-state index in [2.05, 4.69) is 36.6 Å². The van der Waals surface area contributed by atoms with Gasteiger partial charge in [-0.05, 0) is 32.8 Å². The highest BCUT2D eigenvalue weighted by molar-refractivity contribution is 5.11. The first kappa shape index (κ1) is 14.2. The van der Waals surface area contributed by atoms with Crippen molar-refractivity contribution in [3.05, 3.63) is 17.5 Å². The lowest BCUT2D eigenvalue weighted by molar-refractivity contribution is 0.104. The van der Waals surface area contributed by atoms with Crippen molar-refractivity contribution in [3.8, 4) is 0 Å². The number of rotatable bonds is 7. The number of aryl methyl sites for hydroxylation is 2. The van der Waals surface area contributed by atoms with E-state index in [-0.39, 0.29) is 12.1 Å². The van der Waals surface area contributed by atoms with Crippen LogP contribution in [-0.2, 0) is 24.1 Å². The molecular formula is C13H25N3O. The van der Waals surface area contributed by atoms with Crippen LogP contribution >= 0.6 is 0 Å². The van der Waals surface area contributed by atoms with Crippen LogP contribution in [0.3, 0.4) is 0 Å². The zero-order chi connectivity index (χ0) is 12.8. The normalized spacial score (nSPS) is 14.9. The molecule has 1 rings (SSSR count). The SMILES string of the molecule is CCc1cc(CC(N)CC(C)OC)n(CC)n1. The molecule has 0 aliphatic carbocycles. The highest BCUT2D eigenvalue weighted by Gasteiger charge is 2.13. The Hall–Kier alpha value is -0.870. The Labute approximate surface area is 104 Å². The van der Waals surface area contributed by atoms with Gasteiger partial charge in [-0.25, -0.2) is 0 Å². The Balaban J connectivity index is 2.63. The fraction of sp³-hybridized carbons (Fsp3) is 0.769. The van der Waals surface area contributed by atoms with Crippen molar-refractivity contribution < 1.29 is 4.74 Å². The van der Waals surface area contributed by atoms with Crippen molar-refractivity contribution >= 4 is 0 Å². The number of nitrogens with zero attached hydrogens (tertiary/aromatic N) is 2. The van der Waals surface area contributed by atoms with E-state index in [4.69, 9.17) is 10.5 Å². The molecule has 2 atom stereocenters. The molecule has 0 bridgehead atoms. The standard InChI is InChI=1S/C13H25N3O/c1-5-12-9-13(16(6-2)15-12)8-11(14)7-10(3)17-4/h9-11H,5-8,14H2,1-4H3. The van der Waals surface area contributed by atoms with Gasteiger partial charge in [-0.15, -0.1) is 0 Å². The Morgan fingerprint density at radius 2 is 2.18 bits per heavy atom. The van der Waals surface area contributed by atoms with Crippen LogP contribution < -0.4 is 5.73 Å². The molecule has 98 valence electrons. The number of hydrogen-bond acceptors (Lipinski definition) is 3. The molecule has 0 saturated heterocycles. The lowest BCUT2D eigenvalue weighted by atomic mass is 10.1. The van der Waals surface area contributed by atoms with E-state index < -0.39 is 0 Å². The van der Waals surface area contributed by atoms with Gasteiger partial charge in [0.15, 0.2) is 0 Å². The summed E-state index contributed by atoms with van der Waals surface area (Å²) in [5.41, 5.74) is 8.52. The molecule has 4 heteroatoms. The molecule has 0 fully saturated rings. The molecule has 1 heterocycles. The van der Waals surface area contributed by atoms with E-state index in [9.17, 15) is 0 Å². The summed E-state index contributed by atoms with van der Waals surface area (Å²) >= 11 is 0. The predicted octanol–water partition coefficient (Wildman–Crippen LogP) is 1.76. The minimum absolute atomic E-state index is 0.136. The van der Waals surface area contributed by atoms with Crippen molar-refractivity contribution in [2.24, 2.45) is 5.73 Å². The van der Waals surface area contributed by atoms with Gasteiger partial charge in [0.25, 0.3) is 0 Å². The molecule has 1 aromatic rings. The second kappa shape index (κ2) is 6.77. The molecule has 0 aliphatic heterocycles. The maximum absolute atomic E-state index is 6.14. The third-order valence-corrected chi connectivity index (χ3v) is 3.08. The first-order chi connectivity index (χ1) is 8.10. The van der Waals surface area contributed by atoms with Gasteiger partial charge in [0.2, 0.25) is 0 Å². The van der Waals surface area contributed by atoms with Gasteiger partial charge in [-0.1, -0.05) is 6.92 Å². The summed E-state index contributed by atoms with van der Waals surface area (Å²) in [6.07, 6.45) is 2.94. The summed E-state index contributed by atoms with van der Waals surface area (Å²) in [5.74, 6) is 0. The summed E-state index contributed by atoms with van der Waals surface area (Å²) in [6, 6.07) is 2.30. The fourth-order valence-corrected chi connectivity index (χ4v) is 2.00. The quantitative estimate of drug-likeness (QED) is 0.789. The fourth-order valence-electron chi connectivity index (χ4n) is 2.00. The highest BCUT2D eigenvalue weighted by Crippen LogP contribution is 2.10. The number of ether oxygens (including phenoxy) is 1. The molecule has 4 nitrogen and oxygen atoms in total. The summed E-state index contributed by atoms with van der Waals surface area (Å²) in [7, 11) is 1.73. The first-order valence-corrected chi connectivity index (χ1v) is 6.44. The molecule has 1 aromatic heterocycles. The maximum atomic E-state index is 6.14. The monoisotopic (exact) mass is 239 g/mol. The molecule has 17 heavy (non-hydrogen) atoms. The highest BCUT2D eigenvalue weighted by atomic mass is 16.5. The Morgan fingerprint density at radius 1 is 1.47 bits per heavy atom. The number of aromatic nitrogens is 2. The molecule has 0 amide bonds. The van der Waals surface area contributed by atoms with Crippen LogP contribution in [0.2, 0.25) is 0 Å². The molecule has 0 aliphatic rings. The van der Waals surface area contributed by atoms with Crippen LogP contribution in [0.25, 0.3) is 0 Å². The Morgan fingerprint density at radius 3 is 2.71 bits per heavy atom. The molecule has 0 spiro atoms. The van der Waals surface area contributed by atoms with Crippen LogP contribution in [0, 0.1) is 0 Å². The second-order valence-electron chi connectivity index (χ2n) is 4.54. The first-order valence-electron chi connectivity index (χ1n) is 6.44. The predicted molar refractivity (Wildman–Crippen MR) is 70.0 cm³/mol. The lowest BCUT2D eigenvalue weighted by Crippen LogP contribution is -2.29. The molecule has 0 aromatic carbocycles. The van der Waals surface area contributed by atoms with Gasteiger partial charge in [-0.2, -0.15) is 5.10 Å². The largest absolute Gasteiger partial charge is 0.382 e. The summed E-state index contributed by atoms with van der Waals surface area (Å²) in [5, 5.41) is 4.53. The second-order valence-corrected chi connectivity index (χ2v) is 4.54. The van der Waals surface area contributed by atoms with Gasteiger partial charge in [0, 0.05) is 31.8 Å². The smallest absolute Gasteiger partial charge is 0.0624 e. The van der Waals surface area contributed by atoms with Crippen LogP contribution in [0.1, 0.15) is 38.6 Å². The van der Waals surface area contributed by atoms with E-state index in [1.54, 1.807) is 7.11 Å². The Kier molecular flexibility index (Phi) is 5.65. The minimum atomic E-state index is 0.136. The van der Waals surface area contributed by atoms with Crippen LogP contribution in [-0.4, -0.2) is 29.0 Å². The summed E-state index contributed by atoms with van der Waals surface area (Å²) in [4.78, 5) is 0. The van der Waals surface area contributed by atoms with Crippen molar-refractivity contribution in [1.82, 2.24) is 9.78 Å². The molecule has 2 unspecified atom stereocenters. The molecule has 0 saturated carbocycles. The van der Waals surface area contributed by atoms with E-state index in [0.29, 0.717) is 0 Å². The topological polar surface area (TPSA) is 53.1 Å². The summed E-state index contributed by atoms with van der Waals surface area (Å²) in [6.45, 7) is 7.19. The maximum Gasteiger partial charge on any atom is 0.0624 e. The van der Waals surface area contributed by atoms with Gasteiger partial charge < -0.3 is 10.5 Å². The van der Waals surface area contributed by atoms with Gasteiger partial charge in [0.05, 0.1) is 11.8 Å².